The van der Waals surface area contributed by atoms with Crippen LogP contribution >= 0.6 is 0 Å². The number of amides is 1. The van der Waals surface area contributed by atoms with Gasteiger partial charge >= 0.3 is 0 Å². The summed E-state index contributed by atoms with van der Waals surface area (Å²) in [5.74, 6) is 0.249. The largest absolute Gasteiger partial charge is 0.308 e. The number of anilines is 1. The van der Waals surface area contributed by atoms with Crippen LogP contribution in [-0.2, 0) is 11.2 Å². The number of aryl methyl sites for hydroxylation is 1. The van der Waals surface area contributed by atoms with Gasteiger partial charge in [-0.05, 0) is 56.2 Å². The third-order valence-corrected chi connectivity index (χ3v) is 5.14. The summed E-state index contributed by atoms with van der Waals surface area (Å²) in [5.41, 5.74) is 2.45. The average Bonchev–Trinajstić information content (AvgIpc) is 2.46. The van der Waals surface area contributed by atoms with E-state index in [4.69, 9.17) is 0 Å². The Kier molecular flexibility index (Phi) is 3.78. The highest BCUT2D eigenvalue weighted by atomic mass is 16.2. The second kappa shape index (κ2) is 5.45. The van der Waals surface area contributed by atoms with E-state index in [-0.39, 0.29) is 23.4 Å². The Morgan fingerprint density at radius 3 is 2.86 bits per heavy atom. The van der Waals surface area contributed by atoms with Crippen LogP contribution in [0.2, 0.25) is 0 Å². The van der Waals surface area contributed by atoms with E-state index in [1.165, 1.54) is 5.56 Å². The van der Waals surface area contributed by atoms with Gasteiger partial charge in [0.1, 0.15) is 0 Å². The highest BCUT2D eigenvalue weighted by Crippen LogP contribution is 2.36. The molecule has 1 aromatic rings. The van der Waals surface area contributed by atoms with Crippen LogP contribution in [0.4, 0.5) is 5.69 Å². The van der Waals surface area contributed by atoms with Gasteiger partial charge in [0.2, 0.25) is 5.91 Å². The molecule has 2 heterocycles. The van der Waals surface area contributed by atoms with Gasteiger partial charge in [-0.2, -0.15) is 0 Å². The number of carbonyl (C=O) groups is 1. The molecule has 1 N–H and O–H groups in total. The number of piperidine rings is 1. The van der Waals surface area contributed by atoms with Crippen LogP contribution in [0.25, 0.3) is 0 Å². The Bertz CT molecular complexity index is 538. The van der Waals surface area contributed by atoms with Gasteiger partial charge in [0, 0.05) is 11.7 Å². The predicted octanol–water partition coefficient (Wildman–Crippen LogP) is 3.13. The monoisotopic (exact) mass is 286 g/mol. The van der Waals surface area contributed by atoms with Gasteiger partial charge in [0.25, 0.3) is 0 Å². The van der Waals surface area contributed by atoms with Gasteiger partial charge in [-0.3, -0.25) is 4.79 Å². The molecule has 2 atom stereocenters. The van der Waals surface area contributed by atoms with Crippen molar-refractivity contribution in [2.24, 2.45) is 5.41 Å². The standard InChI is InChI=1S/C18H26N2O/c1-13-9-10-14-7-4-5-8-15(14)20(13)17(21)16-18(2,3)11-6-12-19-16/h4-5,7-8,13,16,19H,6,9-12H2,1-3H3. The van der Waals surface area contributed by atoms with Gasteiger partial charge in [0.05, 0.1) is 6.04 Å². The van der Waals surface area contributed by atoms with Crippen molar-refractivity contribution in [1.29, 1.82) is 0 Å². The number of benzene rings is 1. The van der Waals surface area contributed by atoms with E-state index in [1.54, 1.807) is 0 Å². The van der Waals surface area contributed by atoms with E-state index in [2.05, 4.69) is 44.3 Å². The van der Waals surface area contributed by atoms with Crippen molar-refractivity contribution in [1.82, 2.24) is 5.32 Å². The lowest BCUT2D eigenvalue weighted by Gasteiger charge is -2.44. The van der Waals surface area contributed by atoms with Crippen LogP contribution in [0.5, 0.6) is 0 Å². The lowest BCUT2D eigenvalue weighted by molar-refractivity contribution is -0.124. The molecule has 2 unspecified atom stereocenters. The maximum atomic E-state index is 13.2. The number of nitrogens with one attached hydrogen (secondary N) is 1. The van der Waals surface area contributed by atoms with Crippen LogP contribution in [0.3, 0.4) is 0 Å². The minimum absolute atomic E-state index is 0.0292. The van der Waals surface area contributed by atoms with Crippen molar-refractivity contribution in [2.45, 2.75) is 58.5 Å². The first-order valence-electron chi connectivity index (χ1n) is 8.15. The summed E-state index contributed by atoms with van der Waals surface area (Å²) in [6.45, 7) is 7.54. The summed E-state index contributed by atoms with van der Waals surface area (Å²) >= 11 is 0. The highest BCUT2D eigenvalue weighted by molar-refractivity contribution is 5.99. The topological polar surface area (TPSA) is 32.3 Å². The summed E-state index contributed by atoms with van der Waals surface area (Å²) in [6.07, 6.45) is 4.39. The Morgan fingerprint density at radius 1 is 1.33 bits per heavy atom. The lowest BCUT2D eigenvalue weighted by atomic mass is 9.76. The molecule has 2 aliphatic heterocycles. The van der Waals surface area contributed by atoms with Crippen LogP contribution in [-0.4, -0.2) is 24.5 Å². The normalized spacial score (nSPS) is 28.0. The molecule has 3 nitrogen and oxygen atoms in total. The highest BCUT2D eigenvalue weighted by Gasteiger charge is 2.41. The molecule has 1 amide bonds. The molecular formula is C18H26N2O. The molecule has 3 heteroatoms. The van der Waals surface area contributed by atoms with Gasteiger partial charge in [0.15, 0.2) is 0 Å². The van der Waals surface area contributed by atoms with Crippen LogP contribution in [0.15, 0.2) is 24.3 Å². The quantitative estimate of drug-likeness (QED) is 0.860. The fraction of sp³-hybridized carbons (Fsp3) is 0.611. The molecule has 0 aliphatic carbocycles. The smallest absolute Gasteiger partial charge is 0.244 e. The fourth-order valence-corrected chi connectivity index (χ4v) is 3.80. The molecular weight excluding hydrogens is 260 g/mol. The van der Waals surface area contributed by atoms with Crippen molar-refractivity contribution in [3.8, 4) is 0 Å². The van der Waals surface area contributed by atoms with Gasteiger partial charge < -0.3 is 10.2 Å². The molecule has 1 saturated heterocycles. The Hall–Kier alpha value is -1.35. The third kappa shape index (κ3) is 2.59. The molecule has 3 rings (SSSR count). The number of para-hydroxylation sites is 1. The number of hydrogen-bond donors (Lipinski definition) is 1. The van der Waals surface area contributed by atoms with Crippen molar-refractivity contribution in [3.63, 3.8) is 0 Å². The number of rotatable bonds is 1. The molecule has 0 radical (unpaired) electrons. The molecule has 0 spiro atoms. The Morgan fingerprint density at radius 2 is 2.10 bits per heavy atom. The van der Waals surface area contributed by atoms with Gasteiger partial charge in [-0.1, -0.05) is 32.0 Å². The number of nitrogens with zero attached hydrogens (tertiary/aromatic N) is 1. The lowest BCUT2D eigenvalue weighted by Crippen LogP contribution is -2.59. The van der Waals surface area contributed by atoms with E-state index in [0.29, 0.717) is 0 Å². The van der Waals surface area contributed by atoms with Crippen molar-refractivity contribution in [2.75, 3.05) is 11.4 Å². The zero-order chi connectivity index (χ0) is 15.0. The maximum Gasteiger partial charge on any atom is 0.244 e. The fourth-order valence-electron chi connectivity index (χ4n) is 3.80. The SMILES string of the molecule is CC1CCc2ccccc2N1C(=O)C1NCCCC1(C)C. The summed E-state index contributed by atoms with van der Waals surface area (Å²) in [5, 5.41) is 3.47. The van der Waals surface area contributed by atoms with Crippen LogP contribution < -0.4 is 10.2 Å². The van der Waals surface area contributed by atoms with Crippen molar-refractivity contribution < 1.29 is 4.79 Å². The molecule has 0 aromatic heterocycles. The van der Waals surface area contributed by atoms with Crippen LogP contribution in [0, 0.1) is 5.41 Å². The first-order valence-corrected chi connectivity index (χ1v) is 8.15. The maximum absolute atomic E-state index is 13.2. The van der Waals surface area contributed by atoms with E-state index < -0.39 is 0 Å². The number of hydrogen-bond acceptors (Lipinski definition) is 2. The van der Waals surface area contributed by atoms with Gasteiger partial charge in [-0.15, -0.1) is 0 Å². The molecule has 2 aliphatic rings. The van der Waals surface area contributed by atoms with Crippen molar-refractivity contribution in [3.05, 3.63) is 29.8 Å². The molecule has 1 aromatic carbocycles. The second-order valence-electron chi connectivity index (χ2n) is 7.20. The molecule has 0 saturated carbocycles. The van der Waals surface area contributed by atoms with Gasteiger partial charge in [-0.25, -0.2) is 0 Å². The molecule has 114 valence electrons. The number of carbonyl (C=O) groups excluding carboxylic acids is 1. The minimum Gasteiger partial charge on any atom is -0.308 e. The Labute approximate surface area is 127 Å². The van der Waals surface area contributed by atoms with E-state index >= 15 is 0 Å². The zero-order valence-electron chi connectivity index (χ0n) is 13.4. The minimum atomic E-state index is -0.0696. The molecule has 1 fully saturated rings. The molecule has 0 bridgehead atoms. The zero-order valence-corrected chi connectivity index (χ0v) is 13.4. The summed E-state index contributed by atoms with van der Waals surface area (Å²) < 4.78 is 0. The van der Waals surface area contributed by atoms with Crippen LogP contribution in [0.1, 0.15) is 45.6 Å². The number of fused-ring (bicyclic) bond motifs is 1. The second-order valence-corrected chi connectivity index (χ2v) is 7.20. The third-order valence-electron chi connectivity index (χ3n) is 5.14. The first kappa shape index (κ1) is 14.6. The first-order chi connectivity index (χ1) is 10.0. The molecule has 21 heavy (non-hydrogen) atoms. The summed E-state index contributed by atoms with van der Waals surface area (Å²) in [4.78, 5) is 15.3. The average molecular weight is 286 g/mol. The summed E-state index contributed by atoms with van der Waals surface area (Å²) in [7, 11) is 0. The van der Waals surface area contributed by atoms with E-state index in [9.17, 15) is 4.79 Å². The van der Waals surface area contributed by atoms with E-state index in [1.807, 2.05) is 11.0 Å². The van der Waals surface area contributed by atoms with E-state index in [0.717, 1.165) is 37.9 Å². The predicted molar refractivity (Wildman–Crippen MR) is 86.5 cm³/mol. The summed E-state index contributed by atoms with van der Waals surface area (Å²) in [6, 6.07) is 8.57. The Balaban J connectivity index is 1.93. The van der Waals surface area contributed by atoms with Crippen molar-refractivity contribution >= 4 is 11.6 Å².